The summed E-state index contributed by atoms with van der Waals surface area (Å²) in [6.45, 7) is 3.12. The Balaban J connectivity index is 4.67. The van der Waals surface area contributed by atoms with Crippen LogP contribution in [0.3, 0.4) is 0 Å². The number of unbranched alkanes of at least 4 members (excludes halogenated alkanes) is 24. The van der Waals surface area contributed by atoms with Gasteiger partial charge in [0.15, 0.2) is 6.10 Å². The molecule has 20 nitrogen and oxygen atoms in total. The molecule has 0 saturated heterocycles. The Kier molecular flexibility index (Phi) is 49.4. The Hall–Kier alpha value is -3.95. The van der Waals surface area contributed by atoms with Gasteiger partial charge in [-0.25, -0.2) is 4.79 Å². The first-order valence-corrected chi connectivity index (χ1v) is 28.6. The van der Waals surface area contributed by atoms with E-state index >= 15 is 0 Å². The zero-order valence-electron chi connectivity index (χ0n) is 46.4. The Morgan fingerprint density at radius 3 is 1.31 bits per heavy atom. The molecule has 1 amide bonds. The molecular formula is C55H102N4O16. The molecule has 0 radical (unpaired) electrons. The Morgan fingerprint density at radius 2 is 0.813 bits per heavy atom. The fourth-order valence-electron chi connectivity index (χ4n) is 8.47. The summed E-state index contributed by atoms with van der Waals surface area (Å²) >= 11 is 0. The smallest absolute Gasteiger partial charge is 0.332 e. The molecule has 0 saturated carbocycles. The van der Waals surface area contributed by atoms with Crippen molar-refractivity contribution in [1.82, 2.24) is 20.0 Å². The van der Waals surface area contributed by atoms with E-state index in [0.29, 0.717) is 13.0 Å². The summed E-state index contributed by atoms with van der Waals surface area (Å²) in [4.78, 5) is 87.3. The maximum absolute atomic E-state index is 12.8. The van der Waals surface area contributed by atoms with Gasteiger partial charge in [0.2, 0.25) is 5.91 Å². The maximum atomic E-state index is 12.8. The van der Waals surface area contributed by atoms with Gasteiger partial charge in [0.25, 0.3) is 0 Å². The van der Waals surface area contributed by atoms with Crippen molar-refractivity contribution in [3.8, 4) is 0 Å². The van der Waals surface area contributed by atoms with Gasteiger partial charge in [-0.1, -0.05) is 168 Å². The van der Waals surface area contributed by atoms with Crippen LogP contribution >= 0.6 is 0 Å². The summed E-state index contributed by atoms with van der Waals surface area (Å²) in [6, 6.07) is 0. The number of hydrogen-bond donors (Lipinski definition) is 5. The molecule has 0 aliphatic heterocycles. The average Bonchev–Trinajstić information content (AvgIpc) is 3.34. The minimum Gasteiger partial charge on any atom is -0.480 e. The molecule has 0 bridgehead atoms. The van der Waals surface area contributed by atoms with Gasteiger partial charge in [0, 0.05) is 45.8 Å². The van der Waals surface area contributed by atoms with Crippen LogP contribution in [-0.2, 0) is 57.2 Å². The van der Waals surface area contributed by atoms with Crippen molar-refractivity contribution in [3.05, 3.63) is 0 Å². The fourth-order valence-corrected chi connectivity index (χ4v) is 8.47. The lowest BCUT2D eigenvalue weighted by Crippen LogP contribution is -2.45. The molecule has 1 unspecified atom stereocenters. The first kappa shape index (κ1) is 71.0. The molecule has 0 aromatic rings. The molecule has 0 aliphatic carbocycles. The molecule has 20 heteroatoms. The van der Waals surface area contributed by atoms with Crippen LogP contribution in [0.2, 0.25) is 0 Å². The predicted octanol–water partition coefficient (Wildman–Crippen LogP) is 7.81. The highest BCUT2D eigenvalue weighted by Crippen LogP contribution is 2.15. The molecule has 0 rings (SSSR count). The van der Waals surface area contributed by atoms with Crippen LogP contribution in [-0.4, -0.2) is 195 Å². The second kappa shape index (κ2) is 52.1. The highest BCUT2D eigenvalue weighted by molar-refractivity contribution is 5.79. The predicted molar refractivity (Wildman–Crippen MR) is 287 cm³/mol. The minimum atomic E-state index is -1.20. The van der Waals surface area contributed by atoms with Gasteiger partial charge >= 0.3 is 35.8 Å². The van der Waals surface area contributed by atoms with Gasteiger partial charge in [-0.05, 0) is 19.3 Å². The number of amides is 1. The van der Waals surface area contributed by atoms with Crippen molar-refractivity contribution in [1.29, 1.82) is 0 Å². The van der Waals surface area contributed by atoms with E-state index in [9.17, 15) is 43.8 Å². The molecule has 438 valence electrons. The van der Waals surface area contributed by atoms with Gasteiger partial charge in [0.05, 0.1) is 59.2 Å². The second-order valence-electron chi connectivity index (χ2n) is 19.7. The van der Waals surface area contributed by atoms with Crippen LogP contribution in [0, 0.1) is 0 Å². The van der Waals surface area contributed by atoms with E-state index in [1.165, 1.54) is 143 Å². The molecule has 0 fully saturated rings. The lowest BCUT2D eigenvalue weighted by molar-refractivity contribution is -0.165. The van der Waals surface area contributed by atoms with Crippen LogP contribution in [0.1, 0.15) is 194 Å². The van der Waals surface area contributed by atoms with Crippen molar-refractivity contribution >= 4 is 41.7 Å². The Morgan fingerprint density at radius 1 is 0.400 bits per heavy atom. The number of carboxylic acid groups (broad SMARTS) is 4. The number of carboxylic acids is 4. The van der Waals surface area contributed by atoms with E-state index in [0.717, 1.165) is 38.5 Å². The molecule has 75 heavy (non-hydrogen) atoms. The first-order chi connectivity index (χ1) is 36.2. The number of ether oxygens (including phenoxy) is 5. The number of hydrogen-bond acceptors (Lipinski definition) is 15. The van der Waals surface area contributed by atoms with E-state index in [-0.39, 0.29) is 91.3 Å². The molecule has 0 aromatic carbocycles. The number of aliphatic carboxylic acids is 4. The monoisotopic (exact) mass is 1070 g/mol. The van der Waals surface area contributed by atoms with Crippen LogP contribution in [0.4, 0.5) is 0 Å². The number of carbonyl (C=O) groups excluding carboxylic acids is 3. The number of rotatable bonds is 58. The molecule has 0 aliphatic rings. The summed E-state index contributed by atoms with van der Waals surface area (Å²) < 4.78 is 27.9. The van der Waals surface area contributed by atoms with Crippen molar-refractivity contribution in [3.63, 3.8) is 0 Å². The highest BCUT2D eigenvalue weighted by Gasteiger charge is 2.20. The summed E-state index contributed by atoms with van der Waals surface area (Å²) in [5, 5.41) is 39.5. The minimum absolute atomic E-state index is 0.0237. The average molecular weight is 1080 g/mol. The van der Waals surface area contributed by atoms with Gasteiger partial charge in [-0.3, -0.25) is 43.5 Å². The van der Waals surface area contributed by atoms with Gasteiger partial charge in [0.1, 0.15) is 13.2 Å². The zero-order valence-corrected chi connectivity index (χ0v) is 46.4. The van der Waals surface area contributed by atoms with Crippen molar-refractivity contribution < 1.29 is 77.7 Å². The molecule has 0 aromatic heterocycles. The maximum Gasteiger partial charge on any atom is 0.332 e. The van der Waals surface area contributed by atoms with E-state index in [1.54, 1.807) is 0 Å². The van der Waals surface area contributed by atoms with Gasteiger partial charge < -0.3 is 49.4 Å². The van der Waals surface area contributed by atoms with Crippen molar-refractivity contribution in [2.45, 2.75) is 200 Å². The fraction of sp³-hybridized carbons (Fsp3) is 0.873. The van der Waals surface area contributed by atoms with Crippen molar-refractivity contribution in [2.75, 3.05) is 112 Å². The van der Waals surface area contributed by atoms with Crippen molar-refractivity contribution in [2.24, 2.45) is 0 Å². The molecular weight excluding hydrogens is 973 g/mol. The number of esters is 2. The SMILES string of the molecule is CCCCCCCCCCCCCCCOCC(COC(=O)COCCOCCNC(=O)CN(CCN(CCCN(CC(=O)O)CC(=O)O)CC(=O)O)CC(=O)O)OC(=O)CCCCCCCCCCCCCCC. The second-order valence-corrected chi connectivity index (χ2v) is 19.7. The standard InChI is InChI=1S/C55H102N4O16/c1-3-5-7-9-11-13-15-17-19-21-23-25-27-30-54(69)75-48(45-72-36-28-26-24-22-20-18-16-14-12-10-8-6-4-2)46-74-55(70)47-73-39-38-71-37-31-56-49(60)40-59(44-53(67)68)35-34-57(41-50(61)62)32-29-33-58(42-51(63)64)43-52(65)66/h48H,3-47H2,1-2H3,(H,56,60)(H,61,62)(H,63,64)(H,65,66)(H,67,68). The molecule has 0 heterocycles. The zero-order chi connectivity index (χ0) is 55.4. The quantitative estimate of drug-likeness (QED) is 0.0287. The number of nitrogens with one attached hydrogen (secondary N) is 1. The van der Waals surface area contributed by atoms with Crippen LogP contribution in [0.25, 0.3) is 0 Å². The Labute approximate surface area is 449 Å². The van der Waals surface area contributed by atoms with Crippen LogP contribution in [0.5, 0.6) is 0 Å². The Bertz CT molecular complexity index is 1440. The normalized spacial score (nSPS) is 11.9. The third kappa shape index (κ3) is 51.9. The van der Waals surface area contributed by atoms with Gasteiger partial charge in [-0.15, -0.1) is 0 Å². The largest absolute Gasteiger partial charge is 0.480 e. The summed E-state index contributed by atoms with van der Waals surface area (Å²) in [6.07, 6.45) is 31.8. The highest BCUT2D eigenvalue weighted by atomic mass is 16.6. The lowest BCUT2D eigenvalue weighted by Gasteiger charge is -2.26. The molecule has 5 N–H and O–H groups in total. The van der Waals surface area contributed by atoms with E-state index in [2.05, 4.69) is 19.2 Å². The number of nitrogens with zero attached hydrogens (tertiary/aromatic N) is 3. The third-order valence-corrected chi connectivity index (χ3v) is 12.6. The summed E-state index contributed by atoms with van der Waals surface area (Å²) in [5.74, 6) is -6.21. The van der Waals surface area contributed by atoms with E-state index < -0.39 is 68.0 Å². The van der Waals surface area contributed by atoms with E-state index in [1.807, 2.05) is 0 Å². The number of carbonyl (C=O) groups is 7. The third-order valence-electron chi connectivity index (χ3n) is 12.6. The molecule has 0 spiro atoms. The summed E-state index contributed by atoms with van der Waals surface area (Å²) in [5.41, 5.74) is 0. The van der Waals surface area contributed by atoms with Crippen LogP contribution in [0.15, 0.2) is 0 Å². The topological polar surface area (TPSA) is 268 Å². The summed E-state index contributed by atoms with van der Waals surface area (Å²) in [7, 11) is 0. The van der Waals surface area contributed by atoms with Crippen LogP contribution < -0.4 is 5.32 Å². The molecule has 1 atom stereocenters. The van der Waals surface area contributed by atoms with E-state index in [4.69, 9.17) is 33.9 Å². The first-order valence-electron chi connectivity index (χ1n) is 28.6. The van der Waals surface area contributed by atoms with Gasteiger partial charge in [-0.2, -0.15) is 0 Å². The lowest BCUT2D eigenvalue weighted by atomic mass is 10.0.